The van der Waals surface area contributed by atoms with Gasteiger partial charge in [-0.3, -0.25) is 4.79 Å². The van der Waals surface area contributed by atoms with E-state index in [1.807, 2.05) is 57.2 Å². The van der Waals surface area contributed by atoms with Gasteiger partial charge < -0.3 is 10.1 Å². The fourth-order valence-electron chi connectivity index (χ4n) is 3.22. The van der Waals surface area contributed by atoms with Crippen LogP contribution in [0.5, 0.6) is 5.75 Å². The number of aryl methyl sites for hydroxylation is 3. The van der Waals surface area contributed by atoms with Gasteiger partial charge in [0.1, 0.15) is 24.0 Å². The second kappa shape index (κ2) is 9.97. The summed E-state index contributed by atoms with van der Waals surface area (Å²) in [4.78, 5) is 12.6. The van der Waals surface area contributed by atoms with Crippen molar-refractivity contribution in [3.05, 3.63) is 99.1 Å². The molecule has 0 saturated carbocycles. The molecular formula is C26H23ClN2O2. The molecule has 156 valence electrons. The van der Waals surface area contributed by atoms with Crippen molar-refractivity contribution in [2.24, 2.45) is 0 Å². The molecule has 5 heteroatoms. The van der Waals surface area contributed by atoms with Gasteiger partial charge in [0.25, 0.3) is 5.91 Å². The Kier molecular flexibility index (Phi) is 7.12. The molecule has 3 aromatic rings. The molecule has 3 aromatic carbocycles. The molecule has 1 N–H and O–H groups in total. The standard InChI is InChI=1S/C26H23ClN2O2/c1-17-10-18(2)12-20(11-17)16-31-25-7-5-4-6-21(25)13-22(15-28)26(30)29-23-9-8-19(3)24(27)14-23/h4-14H,16H2,1-3H3,(H,29,30)/b22-13+. The number of benzene rings is 3. The van der Waals surface area contributed by atoms with Crippen LogP contribution in [0.3, 0.4) is 0 Å². The van der Waals surface area contributed by atoms with E-state index in [1.165, 1.54) is 17.2 Å². The summed E-state index contributed by atoms with van der Waals surface area (Å²) in [7, 11) is 0. The van der Waals surface area contributed by atoms with Gasteiger partial charge in [0.15, 0.2) is 0 Å². The number of nitrogens with zero attached hydrogens (tertiary/aromatic N) is 1. The molecule has 1 amide bonds. The third-order valence-corrected chi connectivity index (χ3v) is 5.10. The molecule has 0 aromatic heterocycles. The number of hydrogen-bond donors (Lipinski definition) is 1. The molecule has 0 saturated heterocycles. The quantitative estimate of drug-likeness (QED) is 0.364. The molecule has 4 nitrogen and oxygen atoms in total. The lowest BCUT2D eigenvalue weighted by atomic mass is 10.1. The fraction of sp³-hybridized carbons (Fsp3) is 0.154. The maximum Gasteiger partial charge on any atom is 0.266 e. The zero-order valence-corrected chi connectivity index (χ0v) is 18.5. The number of anilines is 1. The van der Waals surface area contributed by atoms with Crippen molar-refractivity contribution in [3.63, 3.8) is 0 Å². The zero-order chi connectivity index (χ0) is 22.4. The van der Waals surface area contributed by atoms with E-state index in [0.717, 1.165) is 11.1 Å². The number of nitrogens with one attached hydrogen (secondary N) is 1. The van der Waals surface area contributed by atoms with Crippen molar-refractivity contribution in [1.82, 2.24) is 0 Å². The Morgan fingerprint density at radius 1 is 1.06 bits per heavy atom. The average molecular weight is 431 g/mol. The molecule has 0 heterocycles. The lowest BCUT2D eigenvalue weighted by molar-refractivity contribution is -0.112. The van der Waals surface area contributed by atoms with Crippen LogP contribution in [0.15, 0.2) is 66.2 Å². The van der Waals surface area contributed by atoms with Crippen molar-refractivity contribution in [2.75, 3.05) is 5.32 Å². The normalized spacial score (nSPS) is 11.0. The SMILES string of the molecule is Cc1cc(C)cc(COc2ccccc2/C=C(\C#N)C(=O)Nc2ccc(C)c(Cl)c2)c1. The maximum atomic E-state index is 12.6. The van der Waals surface area contributed by atoms with E-state index in [9.17, 15) is 10.1 Å². The summed E-state index contributed by atoms with van der Waals surface area (Å²) >= 11 is 6.12. The molecule has 0 atom stereocenters. The second-order valence-electron chi connectivity index (χ2n) is 7.41. The predicted molar refractivity (Wildman–Crippen MR) is 125 cm³/mol. The molecule has 0 bridgehead atoms. The number of ether oxygens (including phenoxy) is 1. The van der Waals surface area contributed by atoms with Crippen LogP contribution >= 0.6 is 11.6 Å². The van der Waals surface area contributed by atoms with E-state index in [2.05, 4.69) is 23.5 Å². The molecule has 0 spiro atoms. The lowest BCUT2D eigenvalue weighted by Crippen LogP contribution is -2.13. The summed E-state index contributed by atoms with van der Waals surface area (Å²) < 4.78 is 6.00. The highest BCUT2D eigenvalue weighted by Gasteiger charge is 2.12. The highest BCUT2D eigenvalue weighted by molar-refractivity contribution is 6.31. The Bertz CT molecular complexity index is 1170. The van der Waals surface area contributed by atoms with Gasteiger partial charge in [-0.2, -0.15) is 5.26 Å². The van der Waals surface area contributed by atoms with Gasteiger partial charge in [-0.05, 0) is 56.2 Å². The van der Waals surface area contributed by atoms with E-state index in [-0.39, 0.29) is 5.57 Å². The number of rotatable bonds is 6. The smallest absolute Gasteiger partial charge is 0.266 e. The predicted octanol–water partition coefficient (Wildman–Crippen LogP) is 6.39. The summed E-state index contributed by atoms with van der Waals surface area (Å²) in [6, 6.07) is 20.8. The Balaban J connectivity index is 1.79. The summed E-state index contributed by atoms with van der Waals surface area (Å²) in [6.45, 7) is 6.37. The first-order chi connectivity index (χ1) is 14.9. The molecule has 0 radical (unpaired) electrons. The first kappa shape index (κ1) is 22.1. The fourth-order valence-corrected chi connectivity index (χ4v) is 3.40. The highest BCUT2D eigenvalue weighted by Crippen LogP contribution is 2.24. The number of para-hydroxylation sites is 1. The molecule has 0 fully saturated rings. The molecule has 31 heavy (non-hydrogen) atoms. The lowest BCUT2D eigenvalue weighted by Gasteiger charge is -2.11. The van der Waals surface area contributed by atoms with Gasteiger partial charge in [0.05, 0.1) is 0 Å². The number of hydrogen-bond acceptors (Lipinski definition) is 3. The van der Waals surface area contributed by atoms with Crippen molar-refractivity contribution in [3.8, 4) is 11.8 Å². The van der Waals surface area contributed by atoms with E-state index in [4.69, 9.17) is 16.3 Å². The van der Waals surface area contributed by atoms with Gasteiger partial charge in [-0.1, -0.05) is 65.2 Å². The summed E-state index contributed by atoms with van der Waals surface area (Å²) in [5, 5.41) is 12.8. The zero-order valence-electron chi connectivity index (χ0n) is 17.7. The van der Waals surface area contributed by atoms with Crippen LogP contribution in [0.25, 0.3) is 6.08 Å². The molecular weight excluding hydrogens is 408 g/mol. The van der Waals surface area contributed by atoms with Crippen molar-refractivity contribution in [2.45, 2.75) is 27.4 Å². The number of halogens is 1. The van der Waals surface area contributed by atoms with E-state index in [1.54, 1.807) is 12.1 Å². The summed E-state index contributed by atoms with van der Waals surface area (Å²) in [6.07, 6.45) is 1.53. The minimum Gasteiger partial charge on any atom is -0.488 e. The minimum atomic E-state index is -0.508. The monoisotopic (exact) mass is 430 g/mol. The Morgan fingerprint density at radius 2 is 1.77 bits per heavy atom. The van der Waals surface area contributed by atoms with Crippen LogP contribution in [-0.4, -0.2) is 5.91 Å². The number of nitriles is 1. The van der Waals surface area contributed by atoms with Crippen LogP contribution in [0.2, 0.25) is 5.02 Å². The molecule has 0 aliphatic heterocycles. The third-order valence-electron chi connectivity index (χ3n) is 4.69. The van der Waals surface area contributed by atoms with Gasteiger partial charge in [0.2, 0.25) is 0 Å². The van der Waals surface area contributed by atoms with E-state index < -0.39 is 5.91 Å². The van der Waals surface area contributed by atoms with Crippen LogP contribution in [-0.2, 0) is 11.4 Å². The van der Waals surface area contributed by atoms with Crippen LogP contribution in [0.4, 0.5) is 5.69 Å². The van der Waals surface area contributed by atoms with Crippen molar-refractivity contribution < 1.29 is 9.53 Å². The molecule has 0 unspecified atom stereocenters. The topological polar surface area (TPSA) is 62.1 Å². The van der Waals surface area contributed by atoms with Gasteiger partial charge >= 0.3 is 0 Å². The van der Waals surface area contributed by atoms with E-state index in [0.29, 0.717) is 28.6 Å². The Morgan fingerprint density at radius 3 is 2.45 bits per heavy atom. The van der Waals surface area contributed by atoms with Crippen LogP contribution in [0.1, 0.15) is 27.8 Å². The van der Waals surface area contributed by atoms with Gasteiger partial charge in [-0.25, -0.2) is 0 Å². The number of carbonyl (C=O) groups excluding carboxylic acids is 1. The number of amides is 1. The van der Waals surface area contributed by atoms with E-state index >= 15 is 0 Å². The average Bonchev–Trinajstić information content (AvgIpc) is 2.73. The molecule has 3 rings (SSSR count). The Hall–Kier alpha value is -3.55. The van der Waals surface area contributed by atoms with Gasteiger partial charge in [0, 0.05) is 16.3 Å². The van der Waals surface area contributed by atoms with Crippen LogP contribution < -0.4 is 10.1 Å². The van der Waals surface area contributed by atoms with Crippen LogP contribution in [0, 0.1) is 32.1 Å². The van der Waals surface area contributed by atoms with Crippen molar-refractivity contribution in [1.29, 1.82) is 5.26 Å². The third kappa shape index (κ3) is 5.97. The maximum absolute atomic E-state index is 12.6. The number of carbonyl (C=O) groups is 1. The Labute approximate surface area is 187 Å². The largest absolute Gasteiger partial charge is 0.488 e. The van der Waals surface area contributed by atoms with Gasteiger partial charge in [-0.15, -0.1) is 0 Å². The molecule has 0 aliphatic carbocycles. The first-order valence-electron chi connectivity index (χ1n) is 9.84. The first-order valence-corrected chi connectivity index (χ1v) is 10.2. The summed E-state index contributed by atoms with van der Waals surface area (Å²) in [5.41, 5.74) is 5.47. The second-order valence-corrected chi connectivity index (χ2v) is 7.82. The minimum absolute atomic E-state index is 0.0286. The van der Waals surface area contributed by atoms with Crippen molar-refractivity contribution >= 4 is 29.3 Å². The summed E-state index contributed by atoms with van der Waals surface area (Å²) in [5.74, 6) is 0.0899. The molecule has 0 aliphatic rings. The highest BCUT2D eigenvalue weighted by atomic mass is 35.5.